The van der Waals surface area contributed by atoms with Crippen LogP contribution in [0.15, 0.2) is 71.7 Å². The number of nitrogens with zero attached hydrogens (tertiary/aromatic N) is 2. The number of amides is 1. The van der Waals surface area contributed by atoms with Crippen LogP contribution in [-0.2, 0) is 20.2 Å². The molecular formula is C23H24N2O4. The van der Waals surface area contributed by atoms with E-state index in [0.717, 1.165) is 11.1 Å². The van der Waals surface area contributed by atoms with Gasteiger partial charge in [0.2, 0.25) is 0 Å². The van der Waals surface area contributed by atoms with Gasteiger partial charge in [0, 0.05) is 38.5 Å². The molecule has 0 saturated heterocycles. The number of ether oxygens (including phenoxy) is 2. The van der Waals surface area contributed by atoms with Crippen LogP contribution >= 0.6 is 0 Å². The van der Waals surface area contributed by atoms with Gasteiger partial charge >= 0.3 is 0 Å². The van der Waals surface area contributed by atoms with Crippen LogP contribution in [0.4, 0.5) is 0 Å². The van der Waals surface area contributed by atoms with Gasteiger partial charge in [-0.15, -0.1) is 0 Å². The Morgan fingerprint density at radius 3 is 2.45 bits per heavy atom. The van der Waals surface area contributed by atoms with Gasteiger partial charge in [-0.25, -0.2) is 0 Å². The van der Waals surface area contributed by atoms with Crippen LogP contribution in [-0.4, -0.2) is 29.5 Å². The van der Waals surface area contributed by atoms with E-state index in [2.05, 4.69) is 0 Å². The third-order valence-electron chi connectivity index (χ3n) is 4.58. The maximum absolute atomic E-state index is 12.6. The molecule has 1 amide bonds. The fourth-order valence-corrected chi connectivity index (χ4v) is 2.91. The molecule has 0 unspecified atom stereocenters. The summed E-state index contributed by atoms with van der Waals surface area (Å²) in [4.78, 5) is 26.0. The Hall–Kier alpha value is -3.54. The van der Waals surface area contributed by atoms with Gasteiger partial charge in [0.25, 0.3) is 11.5 Å². The average molecular weight is 392 g/mol. The lowest BCUT2D eigenvalue weighted by atomic mass is 10.1. The van der Waals surface area contributed by atoms with E-state index in [1.54, 1.807) is 38.4 Å². The van der Waals surface area contributed by atoms with Crippen molar-refractivity contribution in [3.05, 3.63) is 93.9 Å². The summed E-state index contributed by atoms with van der Waals surface area (Å²) in [6.07, 6.45) is 1.59. The summed E-state index contributed by atoms with van der Waals surface area (Å²) < 4.78 is 12.8. The van der Waals surface area contributed by atoms with E-state index in [9.17, 15) is 9.59 Å². The van der Waals surface area contributed by atoms with Crippen molar-refractivity contribution >= 4 is 5.91 Å². The first kappa shape index (κ1) is 20.2. The minimum Gasteiger partial charge on any atom is -0.493 e. The number of benzene rings is 2. The van der Waals surface area contributed by atoms with E-state index in [4.69, 9.17) is 9.47 Å². The molecule has 0 aliphatic heterocycles. The summed E-state index contributed by atoms with van der Waals surface area (Å²) in [7, 11) is 4.93. The lowest BCUT2D eigenvalue weighted by Crippen LogP contribution is -2.28. The molecule has 29 heavy (non-hydrogen) atoms. The predicted molar refractivity (Wildman–Crippen MR) is 111 cm³/mol. The average Bonchev–Trinajstić information content (AvgIpc) is 2.74. The molecule has 3 rings (SSSR count). The van der Waals surface area contributed by atoms with Crippen LogP contribution in [0.25, 0.3) is 0 Å². The van der Waals surface area contributed by atoms with Gasteiger partial charge < -0.3 is 18.9 Å². The molecule has 0 spiro atoms. The molecule has 0 radical (unpaired) electrons. The molecule has 0 bridgehead atoms. The molecule has 1 aromatic heterocycles. The molecule has 0 atom stereocenters. The maximum Gasteiger partial charge on any atom is 0.254 e. The monoisotopic (exact) mass is 392 g/mol. The Balaban J connectivity index is 1.69. The zero-order valence-electron chi connectivity index (χ0n) is 16.8. The van der Waals surface area contributed by atoms with Crippen molar-refractivity contribution in [2.75, 3.05) is 14.2 Å². The van der Waals surface area contributed by atoms with Crippen molar-refractivity contribution in [2.24, 2.45) is 7.05 Å². The highest BCUT2D eigenvalue weighted by Gasteiger charge is 2.14. The third-order valence-corrected chi connectivity index (χ3v) is 4.58. The first-order valence-electron chi connectivity index (χ1n) is 9.23. The van der Waals surface area contributed by atoms with Crippen LogP contribution in [0.3, 0.4) is 0 Å². The van der Waals surface area contributed by atoms with Crippen molar-refractivity contribution in [2.45, 2.75) is 13.2 Å². The molecule has 0 aliphatic rings. The number of aryl methyl sites for hydroxylation is 1. The Bertz CT molecular complexity index is 1040. The number of carbonyl (C=O) groups is 1. The highest BCUT2D eigenvalue weighted by Crippen LogP contribution is 2.29. The molecule has 2 aromatic carbocycles. The fourth-order valence-electron chi connectivity index (χ4n) is 2.91. The number of pyridine rings is 1. The molecule has 0 fully saturated rings. The summed E-state index contributed by atoms with van der Waals surface area (Å²) in [5.41, 5.74) is 2.11. The van der Waals surface area contributed by atoms with E-state index < -0.39 is 0 Å². The number of hydrogen-bond acceptors (Lipinski definition) is 4. The van der Waals surface area contributed by atoms with Crippen LogP contribution in [0.2, 0.25) is 0 Å². The minimum atomic E-state index is -0.217. The SMILES string of the molecule is COc1cc(CN(C)C(=O)c2ccn(C)c(=O)c2)ccc1OCc1ccccc1. The number of hydrogen-bond donors (Lipinski definition) is 0. The molecular weight excluding hydrogens is 368 g/mol. The summed E-state index contributed by atoms with van der Waals surface area (Å²) in [5, 5.41) is 0. The number of carbonyl (C=O) groups excluding carboxylic acids is 1. The summed E-state index contributed by atoms with van der Waals surface area (Å²) in [6.45, 7) is 0.821. The number of rotatable bonds is 7. The second kappa shape index (κ2) is 9.10. The van der Waals surface area contributed by atoms with Gasteiger partial charge in [0.15, 0.2) is 11.5 Å². The summed E-state index contributed by atoms with van der Waals surface area (Å²) in [5.74, 6) is 1.03. The number of methoxy groups -OCH3 is 1. The van der Waals surface area contributed by atoms with Gasteiger partial charge in [0.1, 0.15) is 6.61 Å². The van der Waals surface area contributed by atoms with Crippen molar-refractivity contribution < 1.29 is 14.3 Å². The standard InChI is InChI=1S/C23H24N2O4/c1-24-12-11-19(14-22(24)26)23(27)25(2)15-18-9-10-20(21(13-18)28-3)29-16-17-7-5-4-6-8-17/h4-14H,15-16H2,1-3H3. The summed E-state index contributed by atoms with van der Waals surface area (Å²) >= 11 is 0. The fraction of sp³-hybridized carbons (Fsp3) is 0.217. The van der Waals surface area contributed by atoms with Crippen molar-refractivity contribution in [3.63, 3.8) is 0 Å². The normalized spacial score (nSPS) is 10.4. The second-order valence-electron chi connectivity index (χ2n) is 6.79. The highest BCUT2D eigenvalue weighted by atomic mass is 16.5. The van der Waals surface area contributed by atoms with Crippen LogP contribution in [0, 0.1) is 0 Å². The zero-order chi connectivity index (χ0) is 20.8. The van der Waals surface area contributed by atoms with Crippen LogP contribution in [0.5, 0.6) is 11.5 Å². The Morgan fingerprint density at radius 2 is 1.76 bits per heavy atom. The highest BCUT2D eigenvalue weighted by molar-refractivity contribution is 5.93. The Labute approximate surface area is 169 Å². The van der Waals surface area contributed by atoms with E-state index in [1.165, 1.54) is 10.6 Å². The van der Waals surface area contributed by atoms with Crippen molar-refractivity contribution in [1.29, 1.82) is 0 Å². The van der Waals surface area contributed by atoms with Gasteiger partial charge in [-0.3, -0.25) is 9.59 Å². The Morgan fingerprint density at radius 1 is 1.00 bits per heavy atom. The quantitative estimate of drug-likeness (QED) is 0.619. The first-order valence-corrected chi connectivity index (χ1v) is 9.23. The third kappa shape index (κ3) is 5.04. The molecule has 150 valence electrons. The van der Waals surface area contributed by atoms with E-state index in [1.807, 2.05) is 48.5 Å². The topological polar surface area (TPSA) is 60.8 Å². The molecule has 0 saturated carbocycles. The smallest absolute Gasteiger partial charge is 0.254 e. The number of aromatic nitrogens is 1. The zero-order valence-corrected chi connectivity index (χ0v) is 16.8. The predicted octanol–water partition coefficient (Wildman–Crippen LogP) is 3.25. The molecule has 6 heteroatoms. The summed E-state index contributed by atoms with van der Waals surface area (Å²) in [6, 6.07) is 18.5. The van der Waals surface area contributed by atoms with E-state index in [-0.39, 0.29) is 11.5 Å². The van der Waals surface area contributed by atoms with Gasteiger partial charge in [-0.1, -0.05) is 36.4 Å². The van der Waals surface area contributed by atoms with Gasteiger partial charge in [0.05, 0.1) is 7.11 Å². The van der Waals surface area contributed by atoms with E-state index in [0.29, 0.717) is 30.2 Å². The lowest BCUT2D eigenvalue weighted by molar-refractivity contribution is 0.0784. The first-order chi connectivity index (χ1) is 14.0. The molecule has 1 heterocycles. The minimum absolute atomic E-state index is 0.217. The maximum atomic E-state index is 12.6. The Kier molecular flexibility index (Phi) is 6.34. The van der Waals surface area contributed by atoms with Crippen molar-refractivity contribution in [3.8, 4) is 11.5 Å². The second-order valence-corrected chi connectivity index (χ2v) is 6.79. The van der Waals surface area contributed by atoms with Crippen LogP contribution in [0.1, 0.15) is 21.5 Å². The molecule has 0 N–H and O–H groups in total. The van der Waals surface area contributed by atoms with Gasteiger partial charge in [-0.05, 0) is 29.3 Å². The molecule has 3 aromatic rings. The molecule has 6 nitrogen and oxygen atoms in total. The van der Waals surface area contributed by atoms with E-state index >= 15 is 0 Å². The largest absolute Gasteiger partial charge is 0.493 e. The van der Waals surface area contributed by atoms with Crippen LogP contribution < -0.4 is 15.0 Å². The van der Waals surface area contributed by atoms with Gasteiger partial charge in [-0.2, -0.15) is 0 Å². The van der Waals surface area contributed by atoms with Crippen molar-refractivity contribution in [1.82, 2.24) is 9.47 Å². The molecule has 0 aliphatic carbocycles. The lowest BCUT2D eigenvalue weighted by Gasteiger charge is -2.19.